The number of carbonyl (C=O) groups is 1. The van der Waals surface area contributed by atoms with Crippen molar-refractivity contribution in [1.29, 1.82) is 0 Å². The molecule has 1 aliphatic heterocycles. The molecule has 1 saturated heterocycles. The molecule has 1 aromatic rings. The van der Waals surface area contributed by atoms with Gasteiger partial charge >= 0.3 is 5.97 Å². The van der Waals surface area contributed by atoms with Crippen LogP contribution in [0.1, 0.15) is 29.7 Å². The van der Waals surface area contributed by atoms with Crippen LogP contribution in [-0.2, 0) is 10.0 Å². The van der Waals surface area contributed by atoms with Gasteiger partial charge in [-0.1, -0.05) is 6.92 Å². The molecule has 1 aliphatic rings. The smallest absolute Gasteiger partial charge is 0.371 e. The lowest BCUT2D eigenvalue weighted by Gasteiger charge is -2.24. The van der Waals surface area contributed by atoms with Gasteiger partial charge in [-0.2, -0.15) is 4.31 Å². The Morgan fingerprint density at radius 3 is 2.70 bits per heavy atom. The van der Waals surface area contributed by atoms with Gasteiger partial charge in [-0.15, -0.1) is 0 Å². The van der Waals surface area contributed by atoms with Crippen LogP contribution in [0.4, 0.5) is 0 Å². The highest BCUT2D eigenvalue weighted by Crippen LogP contribution is 2.32. The summed E-state index contributed by atoms with van der Waals surface area (Å²) >= 11 is 0. The van der Waals surface area contributed by atoms with Crippen molar-refractivity contribution in [2.75, 3.05) is 13.2 Å². The molecular weight excluding hydrogens is 286 g/mol. The molecular formula is C12H17NO6S. The van der Waals surface area contributed by atoms with E-state index in [0.29, 0.717) is 13.0 Å². The first-order chi connectivity index (χ1) is 9.28. The van der Waals surface area contributed by atoms with Crippen molar-refractivity contribution in [2.45, 2.75) is 31.2 Å². The van der Waals surface area contributed by atoms with Gasteiger partial charge in [0.25, 0.3) is 0 Å². The minimum absolute atomic E-state index is 0.0404. The van der Waals surface area contributed by atoms with Gasteiger partial charge in [0.1, 0.15) is 10.7 Å². The zero-order valence-electron chi connectivity index (χ0n) is 11.2. The van der Waals surface area contributed by atoms with Crippen LogP contribution < -0.4 is 0 Å². The van der Waals surface area contributed by atoms with Crippen LogP contribution in [0.5, 0.6) is 0 Å². The molecule has 0 amide bonds. The average Bonchev–Trinajstić information content (AvgIpc) is 2.92. The van der Waals surface area contributed by atoms with E-state index in [1.54, 1.807) is 0 Å². The lowest BCUT2D eigenvalue weighted by Crippen LogP contribution is -2.39. The van der Waals surface area contributed by atoms with Crippen LogP contribution in [0, 0.1) is 12.8 Å². The summed E-state index contributed by atoms with van der Waals surface area (Å²) in [6, 6.07) is 0.535. The van der Waals surface area contributed by atoms with E-state index < -0.39 is 27.8 Å². The number of aryl methyl sites for hydroxylation is 1. The highest BCUT2D eigenvalue weighted by molar-refractivity contribution is 7.89. The molecule has 0 aliphatic carbocycles. The van der Waals surface area contributed by atoms with E-state index in [9.17, 15) is 18.3 Å². The number of rotatable bonds is 4. The van der Waals surface area contributed by atoms with E-state index in [2.05, 4.69) is 0 Å². The number of sulfonamides is 1. The summed E-state index contributed by atoms with van der Waals surface area (Å²) in [4.78, 5) is 10.7. The Bertz CT molecular complexity index is 620. The minimum atomic E-state index is -3.86. The first-order valence-electron chi connectivity index (χ1n) is 6.25. The van der Waals surface area contributed by atoms with Crippen molar-refractivity contribution in [2.24, 2.45) is 5.92 Å². The van der Waals surface area contributed by atoms with Gasteiger partial charge in [-0.05, 0) is 19.3 Å². The van der Waals surface area contributed by atoms with Crippen molar-refractivity contribution in [1.82, 2.24) is 4.31 Å². The van der Waals surface area contributed by atoms with E-state index in [1.165, 1.54) is 11.2 Å². The number of hydrogen-bond donors (Lipinski definition) is 2. The molecule has 2 heterocycles. The van der Waals surface area contributed by atoms with E-state index in [1.807, 2.05) is 6.92 Å². The van der Waals surface area contributed by atoms with E-state index in [-0.39, 0.29) is 23.2 Å². The van der Waals surface area contributed by atoms with Crippen molar-refractivity contribution in [3.63, 3.8) is 0 Å². The van der Waals surface area contributed by atoms with Gasteiger partial charge in [-0.3, -0.25) is 0 Å². The number of aromatic carboxylic acids is 1. The van der Waals surface area contributed by atoms with Crippen LogP contribution in [-0.4, -0.2) is 48.1 Å². The minimum Gasteiger partial charge on any atom is -0.475 e. The number of carboxylic acids is 1. The topological polar surface area (TPSA) is 108 Å². The first-order valence-corrected chi connectivity index (χ1v) is 7.69. The first kappa shape index (κ1) is 15.0. The lowest BCUT2D eigenvalue weighted by atomic mass is 10.0. The average molecular weight is 303 g/mol. The van der Waals surface area contributed by atoms with Gasteiger partial charge in [0.15, 0.2) is 0 Å². The maximum atomic E-state index is 12.6. The molecule has 1 aromatic heterocycles. The molecule has 20 heavy (non-hydrogen) atoms. The predicted octanol–water partition coefficient (Wildman–Crippen LogP) is 0.678. The number of hydrogen-bond acceptors (Lipinski definition) is 5. The molecule has 2 unspecified atom stereocenters. The molecule has 2 rings (SSSR count). The van der Waals surface area contributed by atoms with Crippen molar-refractivity contribution >= 4 is 16.0 Å². The number of aliphatic hydroxyl groups is 1. The third-order valence-electron chi connectivity index (χ3n) is 3.69. The predicted molar refractivity (Wildman–Crippen MR) is 69.0 cm³/mol. The zero-order chi connectivity index (χ0) is 15.1. The summed E-state index contributed by atoms with van der Waals surface area (Å²) < 4.78 is 31.3. The van der Waals surface area contributed by atoms with Crippen molar-refractivity contribution < 1.29 is 27.8 Å². The van der Waals surface area contributed by atoms with Gasteiger partial charge in [0.05, 0.1) is 12.6 Å². The maximum Gasteiger partial charge on any atom is 0.371 e. The molecule has 2 atom stereocenters. The standard InChI is InChI=1S/C12H17NO6S/c1-7-3-4-13(9(7)6-14)20(17,18)11-5-10(12(15)16)19-8(11)2/h5,7,9,14H,3-4,6H2,1-2H3,(H,15,16). The fourth-order valence-corrected chi connectivity index (χ4v) is 4.39. The Hall–Kier alpha value is -1.38. The molecule has 0 aromatic carbocycles. The van der Waals surface area contributed by atoms with Crippen LogP contribution >= 0.6 is 0 Å². The molecule has 1 fully saturated rings. The quantitative estimate of drug-likeness (QED) is 0.846. The molecule has 0 radical (unpaired) electrons. The molecule has 112 valence electrons. The summed E-state index contributed by atoms with van der Waals surface area (Å²) in [5.41, 5.74) is 0. The van der Waals surface area contributed by atoms with Gasteiger partial charge < -0.3 is 14.6 Å². The lowest BCUT2D eigenvalue weighted by molar-refractivity contribution is 0.0661. The largest absolute Gasteiger partial charge is 0.475 e. The number of nitrogens with zero attached hydrogens (tertiary/aromatic N) is 1. The van der Waals surface area contributed by atoms with E-state index >= 15 is 0 Å². The van der Waals surface area contributed by atoms with Crippen molar-refractivity contribution in [3.05, 3.63) is 17.6 Å². The zero-order valence-corrected chi connectivity index (χ0v) is 12.1. The highest BCUT2D eigenvalue weighted by atomic mass is 32.2. The summed E-state index contributed by atoms with van der Waals surface area (Å²) in [6.45, 7) is 3.33. The Morgan fingerprint density at radius 1 is 1.55 bits per heavy atom. The summed E-state index contributed by atoms with van der Waals surface area (Å²) in [7, 11) is -3.86. The number of furan rings is 1. The third kappa shape index (κ3) is 2.34. The van der Waals surface area contributed by atoms with Crippen molar-refractivity contribution in [3.8, 4) is 0 Å². The Morgan fingerprint density at radius 2 is 2.20 bits per heavy atom. The van der Waals surface area contributed by atoms with Gasteiger partial charge in [-0.25, -0.2) is 13.2 Å². The maximum absolute atomic E-state index is 12.6. The van der Waals surface area contributed by atoms with E-state index in [0.717, 1.165) is 6.07 Å². The second-order valence-corrected chi connectivity index (χ2v) is 6.83. The third-order valence-corrected chi connectivity index (χ3v) is 5.72. The summed E-state index contributed by atoms with van der Waals surface area (Å²) in [5, 5.41) is 18.2. The fourth-order valence-electron chi connectivity index (χ4n) is 2.50. The fraction of sp³-hybridized carbons (Fsp3) is 0.583. The molecule has 2 N–H and O–H groups in total. The van der Waals surface area contributed by atoms with E-state index in [4.69, 9.17) is 9.52 Å². The highest BCUT2D eigenvalue weighted by Gasteiger charge is 2.40. The monoisotopic (exact) mass is 303 g/mol. The molecule has 8 heteroatoms. The Kier molecular flexibility index (Phi) is 3.90. The Balaban J connectivity index is 2.43. The van der Waals surface area contributed by atoms with Gasteiger partial charge in [0, 0.05) is 12.6 Å². The molecule has 0 bridgehead atoms. The van der Waals surface area contributed by atoms with Gasteiger partial charge in [0.2, 0.25) is 15.8 Å². The SMILES string of the molecule is Cc1oc(C(=O)O)cc1S(=O)(=O)N1CCC(C)C1CO. The number of carboxylic acid groups (broad SMARTS) is 1. The molecule has 0 spiro atoms. The second kappa shape index (κ2) is 5.19. The Labute approximate surface area is 116 Å². The summed E-state index contributed by atoms with van der Waals surface area (Å²) in [5.74, 6) is -1.63. The van der Waals surface area contributed by atoms with Crippen LogP contribution in [0.2, 0.25) is 0 Å². The summed E-state index contributed by atoms with van der Waals surface area (Å²) in [6.07, 6.45) is 0.660. The molecule has 7 nitrogen and oxygen atoms in total. The second-order valence-electron chi connectivity index (χ2n) is 4.97. The normalized spacial score (nSPS) is 24.1. The molecule has 0 saturated carbocycles. The van der Waals surface area contributed by atoms with Crippen LogP contribution in [0.15, 0.2) is 15.4 Å². The number of aliphatic hydroxyl groups excluding tert-OH is 1. The van der Waals surface area contributed by atoms with Crippen LogP contribution in [0.3, 0.4) is 0 Å². The van der Waals surface area contributed by atoms with Crippen LogP contribution in [0.25, 0.3) is 0 Å².